The minimum absolute atomic E-state index is 0.0129. The lowest BCUT2D eigenvalue weighted by Gasteiger charge is -2.20. The molecule has 0 fully saturated rings. The molecule has 10 heteroatoms. The third-order valence-corrected chi connectivity index (χ3v) is 7.72. The van der Waals surface area contributed by atoms with Gasteiger partial charge < -0.3 is 0 Å². The highest BCUT2D eigenvalue weighted by Gasteiger charge is 2.32. The summed E-state index contributed by atoms with van der Waals surface area (Å²) in [6, 6.07) is 6.81. The van der Waals surface area contributed by atoms with Crippen LogP contribution in [-0.4, -0.2) is 47.5 Å². The predicted molar refractivity (Wildman–Crippen MR) is 120 cm³/mol. The van der Waals surface area contributed by atoms with Crippen LogP contribution < -0.4 is 0 Å². The van der Waals surface area contributed by atoms with E-state index in [1.807, 2.05) is 13.8 Å². The molecule has 1 rings (SSSR count). The van der Waals surface area contributed by atoms with Crippen molar-refractivity contribution in [3.8, 4) is 0 Å². The molecule has 2 N–H and O–H groups in total. The summed E-state index contributed by atoms with van der Waals surface area (Å²) in [5, 5.41) is -0.995. The van der Waals surface area contributed by atoms with Gasteiger partial charge >= 0.3 is 0 Å². The van der Waals surface area contributed by atoms with Crippen molar-refractivity contribution in [1.29, 1.82) is 0 Å². The molecular formula is C21H34O8S2. The summed E-state index contributed by atoms with van der Waals surface area (Å²) in [5.41, 5.74) is 1.44. The Bertz CT molecular complexity index is 930. The fourth-order valence-corrected chi connectivity index (χ4v) is 3.27. The Morgan fingerprint density at radius 3 is 1.61 bits per heavy atom. The molecule has 0 saturated heterocycles. The van der Waals surface area contributed by atoms with Gasteiger partial charge in [-0.3, -0.25) is 18.7 Å². The Morgan fingerprint density at radius 2 is 1.26 bits per heavy atom. The lowest BCUT2D eigenvalue weighted by molar-refractivity contribution is -0.119. The Labute approximate surface area is 185 Å². The maximum atomic E-state index is 12.1. The zero-order valence-electron chi connectivity index (χ0n) is 18.8. The summed E-state index contributed by atoms with van der Waals surface area (Å²) < 4.78 is 61.1. The second-order valence-corrected chi connectivity index (χ2v) is 11.7. The van der Waals surface area contributed by atoms with Gasteiger partial charge in [0.15, 0.2) is 0 Å². The Kier molecular flexibility index (Phi) is 11.8. The van der Waals surface area contributed by atoms with E-state index in [-0.39, 0.29) is 50.1 Å². The highest BCUT2D eigenvalue weighted by molar-refractivity contribution is 7.87. The van der Waals surface area contributed by atoms with Crippen LogP contribution in [0.2, 0.25) is 0 Å². The first-order valence-corrected chi connectivity index (χ1v) is 13.1. The fraction of sp³-hybridized carbons (Fsp3) is 0.619. The summed E-state index contributed by atoms with van der Waals surface area (Å²) in [6.45, 7) is 8.06. The smallest absolute Gasteiger partial charge is 0.270 e. The zero-order chi connectivity index (χ0) is 24.5. The van der Waals surface area contributed by atoms with Gasteiger partial charge in [0.2, 0.25) is 0 Å². The van der Waals surface area contributed by atoms with Gasteiger partial charge in [-0.25, -0.2) is 0 Å². The molecule has 1 unspecified atom stereocenters. The number of rotatable bonds is 12. The molecule has 1 aromatic rings. The number of carbonyl (C=O) groups is 2. The van der Waals surface area contributed by atoms with E-state index in [4.69, 9.17) is 9.11 Å². The number of ketones is 2. The molecule has 0 aromatic heterocycles. The van der Waals surface area contributed by atoms with E-state index in [0.717, 1.165) is 11.1 Å². The molecule has 0 aliphatic carbocycles. The van der Waals surface area contributed by atoms with E-state index in [0.29, 0.717) is 0 Å². The number of hydrogen-bond acceptors (Lipinski definition) is 6. The molecule has 0 aliphatic heterocycles. The molecule has 8 nitrogen and oxygen atoms in total. The molecule has 0 aliphatic rings. The maximum absolute atomic E-state index is 12.1. The first-order valence-electron chi connectivity index (χ1n) is 10.2. The topological polar surface area (TPSA) is 143 Å². The third kappa shape index (κ3) is 11.0. The van der Waals surface area contributed by atoms with Crippen LogP contribution in [0.1, 0.15) is 71.4 Å². The van der Waals surface area contributed by atoms with Crippen molar-refractivity contribution in [3.63, 3.8) is 0 Å². The normalized spacial score (nSPS) is 13.1. The van der Waals surface area contributed by atoms with Gasteiger partial charge in [0.25, 0.3) is 20.2 Å². The number of benzene rings is 1. The van der Waals surface area contributed by atoms with Crippen LogP contribution in [0, 0.1) is 0 Å². The highest BCUT2D eigenvalue weighted by atomic mass is 32.2. The van der Waals surface area contributed by atoms with Crippen LogP contribution in [-0.2, 0) is 42.7 Å². The van der Waals surface area contributed by atoms with Crippen molar-refractivity contribution in [3.05, 3.63) is 35.4 Å². The quantitative estimate of drug-likeness (QED) is 0.435. The summed E-state index contributed by atoms with van der Waals surface area (Å²) in [6.07, 6.45) is 0.337. The van der Waals surface area contributed by atoms with Gasteiger partial charge in [-0.05, 0) is 44.7 Å². The van der Waals surface area contributed by atoms with Crippen molar-refractivity contribution in [2.24, 2.45) is 0 Å². The van der Waals surface area contributed by atoms with E-state index < -0.39 is 30.2 Å². The zero-order valence-corrected chi connectivity index (χ0v) is 20.4. The molecule has 178 valence electrons. The van der Waals surface area contributed by atoms with E-state index in [9.17, 15) is 26.4 Å². The van der Waals surface area contributed by atoms with Crippen molar-refractivity contribution >= 4 is 31.8 Å². The summed E-state index contributed by atoms with van der Waals surface area (Å²) in [7, 11) is -8.38. The molecule has 0 saturated carbocycles. The molecule has 31 heavy (non-hydrogen) atoms. The van der Waals surface area contributed by atoms with Crippen LogP contribution in [0.4, 0.5) is 0 Å². The van der Waals surface area contributed by atoms with E-state index in [2.05, 4.69) is 0 Å². The van der Waals surface area contributed by atoms with Crippen LogP contribution in [0.25, 0.3) is 0 Å². The summed E-state index contributed by atoms with van der Waals surface area (Å²) >= 11 is 0. The standard InChI is InChI=1S/C19H28O8S2.C2H6/c1-14(28(22,23)24)4-9-17(20)12-15-5-7-16(8-6-15)13-18(21)10-11-19(2,3)29(25,26)27;1-2/h5-8,14H,4,9-13H2,1-3H3,(H,22,23,24)(H,25,26,27);1-2H3. The van der Waals surface area contributed by atoms with E-state index >= 15 is 0 Å². The highest BCUT2D eigenvalue weighted by Crippen LogP contribution is 2.22. The molecule has 1 atom stereocenters. The molecule has 0 bridgehead atoms. The average Bonchev–Trinajstić information content (AvgIpc) is 2.66. The molecular weight excluding hydrogens is 444 g/mol. The second-order valence-electron chi connectivity index (χ2n) is 7.85. The molecule has 0 amide bonds. The first kappa shape index (κ1) is 29.4. The van der Waals surface area contributed by atoms with Crippen molar-refractivity contribution in [2.45, 2.75) is 83.1 Å². The molecule has 0 spiro atoms. The summed E-state index contributed by atoms with van der Waals surface area (Å²) in [4.78, 5) is 24.0. The lowest BCUT2D eigenvalue weighted by atomic mass is 9.99. The largest absolute Gasteiger partial charge is 0.299 e. The molecule has 0 heterocycles. The number of Topliss-reactive ketones (excluding diaryl/α,β-unsaturated/α-hetero) is 2. The van der Waals surface area contributed by atoms with Gasteiger partial charge in [0.05, 0.1) is 10.00 Å². The van der Waals surface area contributed by atoms with E-state index in [1.54, 1.807) is 24.3 Å². The monoisotopic (exact) mass is 478 g/mol. The first-order chi connectivity index (χ1) is 14.1. The third-order valence-electron chi connectivity index (χ3n) is 4.87. The SMILES string of the molecule is CC.CC(CCC(=O)Cc1ccc(CC(=O)CCC(C)(C)S(=O)(=O)O)cc1)S(=O)(=O)O. The van der Waals surface area contributed by atoms with Crippen molar-refractivity contribution in [2.75, 3.05) is 0 Å². The fourth-order valence-electron chi connectivity index (χ4n) is 2.49. The van der Waals surface area contributed by atoms with Crippen LogP contribution in [0.5, 0.6) is 0 Å². The van der Waals surface area contributed by atoms with Crippen LogP contribution in [0.15, 0.2) is 24.3 Å². The summed E-state index contributed by atoms with van der Waals surface area (Å²) in [5.74, 6) is -0.318. The van der Waals surface area contributed by atoms with E-state index in [1.165, 1.54) is 20.8 Å². The van der Waals surface area contributed by atoms with Gasteiger partial charge in [-0.2, -0.15) is 16.8 Å². The van der Waals surface area contributed by atoms with Crippen LogP contribution >= 0.6 is 0 Å². The molecule has 0 radical (unpaired) electrons. The average molecular weight is 479 g/mol. The number of carbonyl (C=O) groups excluding carboxylic acids is 2. The second kappa shape index (κ2) is 12.4. The van der Waals surface area contributed by atoms with Gasteiger partial charge in [-0.15, -0.1) is 0 Å². The minimum Gasteiger partial charge on any atom is -0.299 e. The van der Waals surface area contributed by atoms with Gasteiger partial charge in [-0.1, -0.05) is 38.1 Å². The van der Waals surface area contributed by atoms with Crippen molar-refractivity contribution < 1.29 is 35.5 Å². The van der Waals surface area contributed by atoms with Crippen LogP contribution in [0.3, 0.4) is 0 Å². The van der Waals surface area contributed by atoms with Gasteiger partial charge in [0, 0.05) is 25.7 Å². The Hall–Kier alpha value is -1.62. The minimum atomic E-state index is -4.24. The molecule has 1 aromatic carbocycles. The van der Waals surface area contributed by atoms with Crippen molar-refractivity contribution in [1.82, 2.24) is 0 Å². The van der Waals surface area contributed by atoms with Gasteiger partial charge in [0.1, 0.15) is 11.6 Å². The Morgan fingerprint density at radius 1 is 0.871 bits per heavy atom. The predicted octanol–water partition coefficient (Wildman–Crippen LogP) is 3.44. The number of hydrogen-bond donors (Lipinski definition) is 2. The Balaban J connectivity index is 0.00000436. The maximum Gasteiger partial charge on any atom is 0.270 e. The lowest BCUT2D eigenvalue weighted by Crippen LogP contribution is -2.32.